The number of aromatic nitrogens is 2. The smallest absolute Gasteiger partial charge is 0.284 e. The number of carbonyl (C=O) groups is 1. The van der Waals surface area contributed by atoms with Gasteiger partial charge in [-0.3, -0.25) is 4.79 Å². The monoisotopic (exact) mass is 337 g/mol. The van der Waals surface area contributed by atoms with E-state index in [0.717, 1.165) is 12.8 Å². The second-order valence-corrected chi connectivity index (χ2v) is 6.86. The fourth-order valence-corrected chi connectivity index (χ4v) is 2.69. The van der Waals surface area contributed by atoms with Crippen molar-refractivity contribution in [2.75, 3.05) is 5.75 Å². The van der Waals surface area contributed by atoms with E-state index in [4.69, 9.17) is 8.83 Å². The predicted molar refractivity (Wildman–Crippen MR) is 89.0 cm³/mol. The van der Waals surface area contributed by atoms with Crippen molar-refractivity contribution >= 4 is 17.7 Å². The van der Waals surface area contributed by atoms with E-state index in [0.29, 0.717) is 22.8 Å². The highest BCUT2D eigenvalue weighted by atomic mass is 32.2. The van der Waals surface area contributed by atoms with Gasteiger partial charge in [0.2, 0.25) is 5.91 Å². The molecule has 6 nitrogen and oxygen atoms in total. The average Bonchev–Trinajstić information content (AvgIpc) is 3.15. The first-order valence-corrected chi connectivity index (χ1v) is 8.82. The third-order valence-corrected chi connectivity index (χ3v) is 4.11. The summed E-state index contributed by atoms with van der Waals surface area (Å²) in [5.74, 6) is 1.78. The molecule has 7 heteroatoms. The zero-order valence-electron chi connectivity index (χ0n) is 13.7. The molecule has 2 heterocycles. The lowest BCUT2D eigenvalue weighted by Crippen LogP contribution is -2.33. The van der Waals surface area contributed by atoms with Crippen LogP contribution >= 0.6 is 11.8 Å². The van der Waals surface area contributed by atoms with Gasteiger partial charge < -0.3 is 14.2 Å². The molecule has 1 atom stereocenters. The molecule has 0 bridgehead atoms. The number of furan rings is 1. The molecule has 0 radical (unpaired) electrons. The second kappa shape index (κ2) is 8.76. The van der Waals surface area contributed by atoms with Crippen molar-refractivity contribution in [1.82, 2.24) is 15.5 Å². The third kappa shape index (κ3) is 6.09. The minimum atomic E-state index is -0.0233. The minimum Gasteiger partial charge on any atom is -0.459 e. The van der Waals surface area contributed by atoms with Gasteiger partial charge in [-0.1, -0.05) is 38.5 Å². The molecule has 0 aliphatic carbocycles. The van der Waals surface area contributed by atoms with Crippen molar-refractivity contribution in [2.24, 2.45) is 5.92 Å². The molecule has 0 spiro atoms. The van der Waals surface area contributed by atoms with E-state index in [1.165, 1.54) is 18.2 Å². The number of carbonyl (C=O) groups excluding carboxylic acids is 1. The number of amides is 1. The maximum absolute atomic E-state index is 11.9. The Morgan fingerprint density at radius 2 is 2.13 bits per heavy atom. The Morgan fingerprint density at radius 1 is 1.30 bits per heavy atom. The summed E-state index contributed by atoms with van der Waals surface area (Å²) >= 11 is 1.22. The molecule has 126 valence electrons. The molecular formula is C16H23N3O3S. The van der Waals surface area contributed by atoms with Crippen LogP contribution in [0.15, 0.2) is 32.5 Å². The number of hydrogen-bond acceptors (Lipinski definition) is 6. The molecule has 1 N–H and O–H groups in total. The average molecular weight is 337 g/mol. The molecule has 0 saturated heterocycles. The number of rotatable bonds is 9. The van der Waals surface area contributed by atoms with Gasteiger partial charge in [0, 0.05) is 6.04 Å². The molecule has 0 aliphatic rings. The summed E-state index contributed by atoms with van der Waals surface area (Å²) < 4.78 is 10.6. The highest BCUT2D eigenvalue weighted by Gasteiger charge is 2.13. The first kappa shape index (κ1) is 17.6. The van der Waals surface area contributed by atoms with Crippen molar-refractivity contribution in [3.8, 4) is 11.7 Å². The molecule has 2 aromatic rings. The van der Waals surface area contributed by atoms with Gasteiger partial charge in [-0.25, -0.2) is 0 Å². The van der Waals surface area contributed by atoms with E-state index in [-0.39, 0.29) is 17.7 Å². The van der Waals surface area contributed by atoms with Crippen molar-refractivity contribution in [3.05, 3.63) is 18.4 Å². The molecule has 2 aromatic heterocycles. The van der Waals surface area contributed by atoms with Crippen LogP contribution in [0.4, 0.5) is 0 Å². The molecule has 1 amide bonds. The van der Waals surface area contributed by atoms with E-state index >= 15 is 0 Å². The minimum absolute atomic E-state index is 0.0233. The van der Waals surface area contributed by atoms with E-state index in [1.807, 2.05) is 6.92 Å². The Hall–Kier alpha value is -1.76. The van der Waals surface area contributed by atoms with Crippen LogP contribution < -0.4 is 5.32 Å². The van der Waals surface area contributed by atoms with Crippen LogP contribution in [0.3, 0.4) is 0 Å². The fourth-order valence-electron chi connectivity index (χ4n) is 2.12. The highest BCUT2D eigenvalue weighted by Crippen LogP contribution is 2.23. The van der Waals surface area contributed by atoms with Crippen LogP contribution in [0.25, 0.3) is 11.7 Å². The third-order valence-electron chi connectivity index (χ3n) is 3.29. The largest absolute Gasteiger partial charge is 0.459 e. The lowest BCUT2D eigenvalue weighted by molar-refractivity contribution is -0.119. The number of thioether (sulfide) groups is 1. The molecule has 0 aromatic carbocycles. The summed E-state index contributed by atoms with van der Waals surface area (Å²) in [5.41, 5.74) is 0. The van der Waals surface area contributed by atoms with Crippen LogP contribution in [0, 0.1) is 5.92 Å². The van der Waals surface area contributed by atoms with Crippen molar-refractivity contribution in [1.29, 1.82) is 0 Å². The Bertz CT molecular complexity index is 595. The van der Waals surface area contributed by atoms with Gasteiger partial charge in [-0.15, -0.1) is 10.2 Å². The normalized spacial score (nSPS) is 12.5. The van der Waals surface area contributed by atoms with Gasteiger partial charge in [-0.05, 0) is 31.4 Å². The van der Waals surface area contributed by atoms with Gasteiger partial charge in [-0.2, -0.15) is 0 Å². The van der Waals surface area contributed by atoms with Gasteiger partial charge in [0.1, 0.15) is 0 Å². The number of nitrogens with zero attached hydrogens (tertiary/aromatic N) is 2. The first-order chi connectivity index (χ1) is 11.0. The summed E-state index contributed by atoms with van der Waals surface area (Å²) in [6.07, 6.45) is 4.85. The molecule has 23 heavy (non-hydrogen) atoms. The van der Waals surface area contributed by atoms with Crippen LogP contribution in [-0.4, -0.2) is 27.9 Å². The van der Waals surface area contributed by atoms with Crippen molar-refractivity contribution in [3.63, 3.8) is 0 Å². The summed E-state index contributed by atoms with van der Waals surface area (Å²) in [7, 11) is 0. The molecule has 0 aliphatic heterocycles. The van der Waals surface area contributed by atoms with Crippen LogP contribution in [0.1, 0.15) is 40.0 Å². The lowest BCUT2D eigenvalue weighted by Gasteiger charge is -2.14. The van der Waals surface area contributed by atoms with E-state index in [9.17, 15) is 4.79 Å². The maximum Gasteiger partial charge on any atom is 0.284 e. The van der Waals surface area contributed by atoms with Crippen molar-refractivity contribution in [2.45, 2.75) is 51.3 Å². The maximum atomic E-state index is 11.9. The SMILES string of the molecule is CC(C)CCCC(C)NC(=O)CSc1nnc(-c2ccco2)o1. The second-order valence-electron chi connectivity index (χ2n) is 5.93. The Morgan fingerprint density at radius 3 is 2.83 bits per heavy atom. The van der Waals surface area contributed by atoms with E-state index in [2.05, 4.69) is 29.4 Å². The topological polar surface area (TPSA) is 81.2 Å². The zero-order valence-corrected chi connectivity index (χ0v) is 14.6. The highest BCUT2D eigenvalue weighted by molar-refractivity contribution is 7.99. The van der Waals surface area contributed by atoms with Gasteiger partial charge in [0.05, 0.1) is 12.0 Å². The predicted octanol–water partition coefficient (Wildman–Crippen LogP) is 3.75. The Balaban J connectivity index is 1.70. The van der Waals surface area contributed by atoms with E-state index < -0.39 is 0 Å². The van der Waals surface area contributed by atoms with Gasteiger partial charge >= 0.3 is 0 Å². The Kier molecular flexibility index (Phi) is 6.70. The van der Waals surface area contributed by atoms with Gasteiger partial charge in [0.15, 0.2) is 5.76 Å². The summed E-state index contributed by atoms with van der Waals surface area (Å²) in [5, 5.41) is 11.1. The standard InChI is InChI=1S/C16H23N3O3S/c1-11(2)6-4-7-12(3)17-14(20)10-23-16-19-18-15(22-16)13-8-5-9-21-13/h5,8-9,11-12H,4,6-7,10H2,1-3H3,(H,17,20). The first-order valence-electron chi connectivity index (χ1n) is 7.84. The van der Waals surface area contributed by atoms with Crippen LogP contribution in [0.5, 0.6) is 0 Å². The molecule has 0 fully saturated rings. The van der Waals surface area contributed by atoms with E-state index in [1.54, 1.807) is 18.4 Å². The summed E-state index contributed by atoms with van der Waals surface area (Å²) in [4.78, 5) is 11.9. The summed E-state index contributed by atoms with van der Waals surface area (Å²) in [6, 6.07) is 3.68. The molecule has 0 saturated carbocycles. The molecule has 1 unspecified atom stereocenters. The van der Waals surface area contributed by atoms with Crippen molar-refractivity contribution < 1.29 is 13.6 Å². The molecule has 2 rings (SSSR count). The number of hydrogen-bond donors (Lipinski definition) is 1. The lowest BCUT2D eigenvalue weighted by atomic mass is 10.0. The van der Waals surface area contributed by atoms with Crippen LogP contribution in [-0.2, 0) is 4.79 Å². The summed E-state index contributed by atoms with van der Waals surface area (Å²) in [6.45, 7) is 6.45. The fraction of sp³-hybridized carbons (Fsp3) is 0.562. The van der Waals surface area contributed by atoms with Gasteiger partial charge in [0.25, 0.3) is 11.1 Å². The van der Waals surface area contributed by atoms with Crippen LogP contribution in [0.2, 0.25) is 0 Å². The zero-order chi connectivity index (χ0) is 16.7. The Labute approximate surface area is 140 Å². The quantitative estimate of drug-likeness (QED) is 0.702. The number of nitrogens with one attached hydrogen (secondary N) is 1. The molecular weight excluding hydrogens is 314 g/mol.